The number of ether oxygens (including phenoxy) is 2. The van der Waals surface area contributed by atoms with E-state index in [1.165, 1.54) is 25.7 Å². The molecule has 0 saturated heterocycles. The summed E-state index contributed by atoms with van der Waals surface area (Å²) in [6.07, 6.45) is 4.59. The van der Waals surface area contributed by atoms with Crippen LogP contribution in [0.25, 0.3) is 0 Å². The summed E-state index contributed by atoms with van der Waals surface area (Å²) in [5, 5.41) is 13.2. The molecule has 1 saturated carbocycles. The highest BCUT2D eigenvalue weighted by molar-refractivity contribution is 5.31. The molecule has 114 valence electrons. The minimum Gasteiger partial charge on any atom is -1.00 e. The molecule has 1 aliphatic carbocycles. The lowest BCUT2D eigenvalue weighted by Gasteiger charge is -2.16. The fraction of sp³-hybridized carbons (Fsp3) is 0.600. The molecule has 1 unspecified atom stereocenters. The zero-order chi connectivity index (χ0) is 13.5. The third-order valence-electron chi connectivity index (χ3n) is 3.50. The first-order chi connectivity index (χ1) is 9.28. The third-order valence-corrected chi connectivity index (χ3v) is 3.50. The van der Waals surface area contributed by atoms with Gasteiger partial charge in [0, 0.05) is 12.6 Å². The number of halogens is 1. The van der Waals surface area contributed by atoms with E-state index in [4.69, 9.17) is 9.47 Å². The SMILES string of the molecule is COc1ccc(OCC(O)CNC2CCCC2)cc1.[Cl-]. The zero-order valence-corrected chi connectivity index (χ0v) is 12.6. The molecule has 20 heavy (non-hydrogen) atoms. The molecule has 2 rings (SSSR count). The highest BCUT2D eigenvalue weighted by atomic mass is 35.5. The van der Waals surface area contributed by atoms with Crippen LogP contribution in [0.5, 0.6) is 11.5 Å². The van der Waals surface area contributed by atoms with E-state index in [-0.39, 0.29) is 12.4 Å². The Bertz CT molecular complexity index is 366. The van der Waals surface area contributed by atoms with Crippen molar-refractivity contribution >= 4 is 0 Å². The van der Waals surface area contributed by atoms with Crippen molar-refractivity contribution in [2.75, 3.05) is 20.3 Å². The van der Waals surface area contributed by atoms with Gasteiger partial charge in [0.05, 0.1) is 7.11 Å². The molecule has 0 aromatic heterocycles. The van der Waals surface area contributed by atoms with Gasteiger partial charge in [0.2, 0.25) is 0 Å². The van der Waals surface area contributed by atoms with Crippen LogP contribution >= 0.6 is 0 Å². The second-order valence-corrected chi connectivity index (χ2v) is 5.03. The average Bonchev–Trinajstić information content (AvgIpc) is 2.96. The van der Waals surface area contributed by atoms with Gasteiger partial charge in [0.25, 0.3) is 0 Å². The molecule has 1 fully saturated rings. The summed E-state index contributed by atoms with van der Waals surface area (Å²) < 4.78 is 10.6. The Balaban J connectivity index is 0.00000200. The van der Waals surface area contributed by atoms with Crippen molar-refractivity contribution in [3.8, 4) is 11.5 Å². The van der Waals surface area contributed by atoms with Crippen molar-refractivity contribution in [1.82, 2.24) is 5.32 Å². The Labute approximate surface area is 126 Å². The smallest absolute Gasteiger partial charge is 0.119 e. The van der Waals surface area contributed by atoms with Crippen molar-refractivity contribution in [3.05, 3.63) is 24.3 Å². The molecule has 1 aromatic rings. The summed E-state index contributed by atoms with van der Waals surface area (Å²) in [5.41, 5.74) is 0. The number of nitrogens with one attached hydrogen (secondary N) is 1. The maximum absolute atomic E-state index is 9.86. The molecule has 0 spiro atoms. The Morgan fingerprint density at radius 2 is 1.80 bits per heavy atom. The van der Waals surface area contributed by atoms with E-state index >= 15 is 0 Å². The molecule has 1 atom stereocenters. The van der Waals surface area contributed by atoms with Crippen LogP contribution < -0.4 is 27.2 Å². The van der Waals surface area contributed by atoms with Crippen LogP contribution in [0, 0.1) is 0 Å². The van der Waals surface area contributed by atoms with Crippen LogP contribution in [0.1, 0.15) is 25.7 Å². The standard InChI is InChI=1S/C15H23NO3.ClH/c1-18-14-6-8-15(9-7-14)19-11-13(17)10-16-12-4-2-3-5-12;/h6-9,12-13,16-17H,2-5,10-11H2,1H3;1H/p-1. The fourth-order valence-electron chi connectivity index (χ4n) is 2.36. The van der Waals surface area contributed by atoms with Gasteiger partial charge in [-0.2, -0.15) is 0 Å². The largest absolute Gasteiger partial charge is 1.00 e. The molecule has 0 amide bonds. The lowest BCUT2D eigenvalue weighted by atomic mass is 10.2. The number of benzene rings is 1. The molecule has 1 aromatic carbocycles. The second kappa shape index (κ2) is 9.06. The van der Waals surface area contributed by atoms with Gasteiger partial charge >= 0.3 is 0 Å². The maximum Gasteiger partial charge on any atom is 0.119 e. The highest BCUT2D eigenvalue weighted by Crippen LogP contribution is 2.18. The fourth-order valence-corrected chi connectivity index (χ4v) is 2.36. The van der Waals surface area contributed by atoms with E-state index in [1.807, 2.05) is 24.3 Å². The van der Waals surface area contributed by atoms with Crippen LogP contribution in [0.4, 0.5) is 0 Å². The Morgan fingerprint density at radius 3 is 2.40 bits per heavy atom. The summed E-state index contributed by atoms with van der Waals surface area (Å²) in [7, 11) is 1.63. The number of rotatable bonds is 7. The first-order valence-corrected chi connectivity index (χ1v) is 6.96. The highest BCUT2D eigenvalue weighted by Gasteiger charge is 2.15. The summed E-state index contributed by atoms with van der Waals surface area (Å²) in [6.45, 7) is 0.910. The minimum absolute atomic E-state index is 0. The average molecular weight is 301 g/mol. The van der Waals surface area contributed by atoms with E-state index < -0.39 is 6.10 Å². The Hall–Kier alpha value is -0.970. The Morgan fingerprint density at radius 1 is 1.20 bits per heavy atom. The van der Waals surface area contributed by atoms with Crippen LogP contribution in [0.3, 0.4) is 0 Å². The van der Waals surface area contributed by atoms with Crippen molar-refractivity contribution in [3.63, 3.8) is 0 Å². The van der Waals surface area contributed by atoms with E-state index in [2.05, 4.69) is 5.32 Å². The molecule has 0 radical (unpaired) electrons. The number of aliphatic hydroxyl groups excluding tert-OH is 1. The molecule has 0 heterocycles. The van der Waals surface area contributed by atoms with Gasteiger partial charge in [-0.05, 0) is 37.1 Å². The summed E-state index contributed by atoms with van der Waals surface area (Å²) in [4.78, 5) is 0. The number of methoxy groups -OCH3 is 1. The van der Waals surface area contributed by atoms with Gasteiger partial charge in [0.15, 0.2) is 0 Å². The van der Waals surface area contributed by atoms with Crippen LogP contribution in [-0.4, -0.2) is 37.5 Å². The molecule has 2 N–H and O–H groups in total. The van der Waals surface area contributed by atoms with Crippen molar-refractivity contribution in [2.24, 2.45) is 0 Å². The first kappa shape index (κ1) is 17.1. The molecule has 0 aliphatic heterocycles. The van der Waals surface area contributed by atoms with E-state index in [9.17, 15) is 5.11 Å². The third kappa shape index (κ3) is 5.57. The van der Waals surface area contributed by atoms with E-state index in [0.717, 1.165) is 11.5 Å². The number of hydrogen-bond donors (Lipinski definition) is 2. The monoisotopic (exact) mass is 300 g/mol. The molecule has 1 aliphatic rings. The van der Waals surface area contributed by atoms with Crippen LogP contribution in [-0.2, 0) is 0 Å². The van der Waals surface area contributed by atoms with Gasteiger partial charge in [-0.15, -0.1) is 0 Å². The normalized spacial score (nSPS) is 16.5. The van der Waals surface area contributed by atoms with E-state index in [1.54, 1.807) is 7.11 Å². The van der Waals surface area contributed by atoms with Gasteiger partial charge < -0.3 is 32.3 Å². The van der Waals surface area contributed by atoms with Gasteiger partial charge in [0.1, 0.15) is 24.2 Å². The molecule has 5 heteroatoms. The summed E-state index contributed by atoms with van der Waals surface area (Å²) >= 11 is 0. The summed E-state index contributed by atoms with van der Waals surface area (Å²) in [6, 6.07) is 7.96. The molecular formula is C15H23ClNO3-. The molecular weight excluding hydrogens is 278 g/mol. The second-order valence-electron chi connectivity index (χ2n) is 5.03. The number of aliphatic hydroxyl groups is 1. The van der Waals surface area contributed by atoms with Gasteiger partial charge in [-0.25, -0.2) is 0 Å². The topological polar surface area (TPSA) is 50.7 Å². The Kier molecular flexibility index (Phi) is 7.73. The summed E-state index contributed by atoms with van der Waals surface area (Å²) in [5.74, 6) is 1.55. The van der Waals surface area contributed by atoms with Crippen molar-refractivity contribution in [1.29, 1.82) is 0 Å². The maximum atomic E-state index is 9.86. The van der Waals surface area contributed by atoms with Crippen molar-refractivity contribution < 1.29 is 27.0 Å². The van der Waals surface area contributed by atoms with Crippen LogP contribution in [0.2, 0.25) is 0 Å². The minimum atomic E-state index is -0.470. The molecule has 4 nitrogen and oxygen atoms in total. The lowest BCUT2D eigenvalue weighted by Crippen LogP contribution is -3.00. The zero-order valence-electron chi connectivity index (χ0n) is 11.8. The first-order valence-electron chi connectivity index (χ1n) is 6.96. The van der Waals surface area contributed by atoms with Gasteiger partial charge in [-0.1, -0.05) is 12.8 Å². The predicted octanol–water partition coefficient (Wildman–Crippen LogP) is -1.03. The van der Waals surface area contributed by atoms with Crippen LogP contribution in [0.15, 0.2) is 24.3 Å². The van der Waals surface area contributed by atoms with E-state index in [0.29, 0.717) is 19.2 Å². The number of hydrogen-bond acceptors (Lipinski definition) is 4. The van der Waals surface area contributed by atoms with Gasteiger partial charge in [-0.3, -0.25) is 0 Å². The lowest BCUT2D eigenvalue weighted by molar-refractivity contribution is -0.00000607. The molecule has 0 bridgehead atoms. The van der Waals surface area contributed by atoms with Crippen molar-refractivity contribution in [2.45, 2.75) is 37.8 Å². The quantitative estimate of drug-likeness (QED) is 0.676. The predicted molar refractivity (Wildman–Crippen MR) is 74.8 cm³/mol.